The Morgan fingerprint density at radius 1 is 1.36 bits per heavy atom. The van der Waals surface area contributed by atoms with Crippen molar-refractivity contribution in [2.75, 3.05) is 19.0 Å². The number of amides is 1. The van der Waals surface area contributed by atoms with E-state index < -0.39 is 11.6 Å². The maximum atomic E-state index is 14.4. The highest BCUT2D eigenvalue weighted by Crippen LogP contribution is 2.28. The molecule has 1 N–H and O–H groups in total. The summed E-state index contributed by atoms with van der Waals surface area (Å²) in [5.41, 5.74) is 1.24. The zero-order chi connectivity index (χ0) is 17.8. The lowest BCUT2D eigenvalue weighted by molar-refractivity contribution is -0.118. The Labute approximate surface area is 148 Å². The number of nitrogens with one attached hydrogen (secondary N) is 1. The molecule has 0 fully saturated rings. The van der Waals surface area contributed by atoms with Crippen molar-refractivity contribution < 1.29 is 18.3 Å². The number of nitrogens with zero attached hydrogens (tertiary/aromatic N) is 3. The van der Waals surface area contributed by atoms with Crippen molar-refractivity contribution >= 4 is 24.1 Å². The van der Waals surface area contributed by atoms with E-state index in [1.807, 2.05) is 0 Å². The van der Waals surface area contributed by atoms with Crippen LogP contribution in [0.25, 0.3) is 11.3 Å². The van der Waals surface area contributed by atoms with Crippen LogP contribution in [0.3, 0.4) is 0 Å². The van der Waals surface area contributed by atoms with E-state index in [9.17, 15) is 13.6 Å². The van der Waals surface area contributed by atoms with Gasteiger partial charge < -0.3 is 10.1 Å². The Bertz CT molecular complexity index is 799. The average Bonchev–Trinajstić information content (AvgIpc) is 3.09. The molecule has 2 heterocycles. The molecule has 1 amide bonds. The Morgan fingerprint density at radius 2 is 2.12 bits per heavy atom. The van der Waals surface area contributed by atoms with Gasteiger partial charge in [-0.05, 0) is 12.0 Å². The first-order valence-corrected chi connectivity index (χ1v) is 8.27. The van der Waals surface area contributed by atoms with Gasteiger partial charge in [-0.3, -0.25) is 4.79 Å². The van der Waals surface area contributed by atoms with Gasteiger partial charge in [0.1, 0.15) is 17.3 Å². The second-order valence-corrected chi connectivity index (χ2v) is 5.74. The quantitative estimate of drug-likeness (QED) is 0.793. The minimum Gasteiger partial charge on any atom is -0.377 e. The Hall–Kier alpha value is -2.26. The van der Waals surface area contributed by atoms with E-state index >= 15 is 0 Å². The maximum Gasteiger partial charge on any atom is 0.230 e. The average molecular weight is 366 g/mol. The molecule has 0 saturated heterocycles. The van der Waals surface area contributed by atoms with E-state index in [0.29, 0.717) is 30.9 Å². The molecule has 0 atom stereocenters. The molecule has 1 aromatic heterocycles. The number of halogens is 2. The molecule has 0 saturated carbocycles. The monoisotopic (exact) mass is 366 g/mol. The first-order chi connectivity index (χ1) is 12.1. The summed E-state index contributed by atoms with van der Waals surface area (Å²) in [5.74, 6) is -1.51. The molecule has 0 bridgehead atoms. The van der Waals surface area contributed by atoms with Crippen molar-refractivity contribution in [1.82, 2.24) is 20.3 Å². The number of carbonyl (C=O) groups excluding carboxylic acids is 1. The summed E-state index contributed by atoms with van der Waals surface area (Å²) >= 11 is 3.85. The molecule has 0 spiro atoms. The van der Waals surface area contributed by atoms with Gasteiger partial charge in [-0.15, -0.1) is 5.10 Å². The summed E-state index contributed by atoms with van der Waals surface area (Å²) in [6.07, 6.45) is 3.65. The highest BCUT2D eigenvalue weighted by Gasteiger charge is 2.18. The highest BCUT2D eigenvalue weighted by molar-refractivity contribution is 7.81. The van der Waals surface area contributed by atoms with E-state index in [4.69, 9.17) is 4.74 Å². The van der Waals surface area contributed by atoms with Gasteiger partial charge in [0.05, 0.1) is 37.4 Å². The molecule has 1 aliphatic heterocycles. The molecule has 1 aromatic carbocycles. The first kappa shape index (κ1) is 17.6. The fraction of sp³-hybridized carbons (Fsp3) is 0.312. The van der Waals surface area contributed by atoms with Crippen molar-refractivity contribution in [2.24, 2.45) is 0 Å². The van der Waals surface area contributed by atoms with Gasteiger partial charge in [0.2, 0.25) is 5.91 Å². The van der Waals surface area contributed by atoms with Crippen LogP contribution in [0, 0.1) is 11.6 Å². The van der Waals surface area contributed by atoms with E-state index in [1.54, 1.807) is 6.08 Å². The smallest absolute Gasteiger partial charge is 0.230 e. The number of aromatic nitrogens is 3. The molecule has 0 aliphatic carbocycles. The number of thiol groups is 1. The number of carbonyl (C=O) groups is 1. The number of hydrogen-bond donors (Lipinski definition) is 2. The number of benzene rings is 1. The lowest BCUT2D eigenvalue weighted by Gasteiger charge is -2.15. The SMILES string of the molecule is O=C(CS)NCc1cn(-c2cc(F)c(C3=CCOCC3)c(F)c2)nn1. The third-order valence-electron chi connectivity index (χ3n) is 3.73. The second-order valence-electron chi connectivity index (χ2n) is 5.43. The summed E-state index contributed by atoms with van der Waals surface area (Å²) in [5, 5.41) is 10.3. The highest BCUT2D eigenvalue weighted by atomic mass is 32.1. The predicted octanol–water partition coefficient (Wildman–Crippen LogP) is 1.90. The lowest BCUT2D eigenvalue weighted by Crippen LogP contribution is -2.23. The molecule has 9 heteroatoms. The summed E-state index contributed by atoms with van der Waals surface area (Å²) in [6, 6.07) is 2.42. The van der Waals surface area contributed by atoms with E-state index in [1.165, 1.54) is 23.0 Å². The minimum atomic E-state index is -0.663. The third-order valence-corrected chi connectivity index (χ3v) is 4.01. The van der Waals surface area contributed by atoms with Crippen molar-refractivity contribution in [1.29, 1.82) is 0 Å². The summed E-state index contributed by atoms with van der Waals surface area (Å²) in [4.78, 5) is 11.2. The topological polar surface area (TPSA) is 69.0 Å². The van der Waals surface area contributed by atoms with Crippen molar-refractivity contribution in [3.63, 3.8) is 0 Å². The van der Waals surface area contributed by atoms with E-state index in [-0.39, 0.29) is 29.5 Å². The van der Waals surface area contributed by atoms with E-state index in [2.05, 4.69) is 28.3 Å². The fourth-order valence-electron chi connectivity index (χ4n) is 2.50. The molecule has 132 valence electrons. The Kier molecular flexibility index (Phi) is 5.44. The standard InChI is InChI=1S/C16H16F2N4O2S/c17-13-5-12(6-14(18)16(13)10-1-3-24-4-2-10)22-8-11(20-21-22)7-19-15(23)9-25/h1,5-6,8,25H,2-4,7,9H2,(H,19,23). The van der Waals surface area contributed by atoms with Crippen LogP contribution in [0.15, 0.2) is 24.4 Å². The molecule has 3 rings (SSSR count). The van der Waals surface area contributed by atoms with Crippen LogP contribution < -0.4 is 5.32 Å². The van der Waals surface area contributed by atoms with Gasteiger partial charge in [-0.2, -0.15) is 12.6 Å². The minimum absolute atomic E-state index is 0.0339. The molecular weight excluding hydrogens is 350 g/mol. The van der Waals surface area contributed by atoms with Crippen molar-refractivity contribution in [3.8, 4) is 5.69 Å². The summed E-state index contributed by atoms with van der Waals surface area (Å²) in [6.45, 7) is 0.951. The van der Waals surface area contributed by atoms with Crippen LogP contribution in [-0.2, 0) is 16.1 Å². The van der Waals surface area contributed by atoms with Crippen LogP contribution >= 0.6 is 12.6 Å². The predicted molar refractivity (Wildman–Crippen MR) is 90.4 cm³/mol. The molecule has 6 nitrogen and oxygen atoms in total. The molecule has 2 aromatic rings. The molecular formula is C16H16F2N4O2S. The van der Waals surface area contributed by atoms with Gasteiger partial charge >= 0.3 is 0 Å². The first-order valence-electron chi connectivity index (χ1n) is 7.64. The molecule has 25 heavy (non-hydrogen) atoms. The van der Waals surface area contributed by atoms with Gasteiger partial charge in [0.25, 0.3) is 0 Å². The normalized spacial score (nSPS) is 14.3. The van der Waals surface area contributed by atoms with Crippen LogP contribution in [0.1, 0.15) is 17.7 Å². The Morgan fingerprint density at radius 3 is 2.76 bits per heavy atom. The summed E-state index contributed by atoms with van der Waals surface area (Å²) < 4.78 is 35.3. The fourth-order valence-corrected chi connectivity index (χ4v) is 2.62. The summed E-state index contributed by atoms with van der Waals surface area (Å²) in [7, 11) is 0. The third kappa shape index (κ3) is 4.05. The van der Waals surface area contributed by atoms with Crippen LogP contribution in [0.5, 0.6) is 0 Å². The zero-order valence-electron chi connectivity index (χ0n) is 13.2. The second kappa shape index (κ2) is 7.75. The molecule has 1 aliphatic rings. The molecule has 0 radical (unpaired) electrons. The van der Waals surface area contributed by atoms with Gasteiger partial charge in [0.15, 0.2) is 0 Å². The van der Waals surface area contributed by atoms with E-state index in [0.717, 1.165) is 0 Å². The zero-order valence-corrected chi connectivity index (χ0v) is 14.1. The molecule has 0 unspecified atom stereocenters. The van der Waals surface area contributed by atoms with Crippen LogP contribution in [0.4, 0.5) is 8.78 Å². The number of hydrogen-bond acceptors (Lipinski definition) is 5. The maximum absolute atomic E-state index is 14.4. The van der Waals surface area contributed by atoms with Gasteiger partial charge in [-0.1, -0.05) is 11.3 Å². The van der Waals surface area contributed by atoms with Gasteiger partial charge in [-0.25, -0.2) is 13.5 Å². The Balaban J connectivity index is 1.83. The van der Waals surface area contributed by atoms with Crippen LogP contribution in [0.2, 0.25) is 0 Å². The van der Waals surface area contributed by atoms with Crippen molar-refractivity contribution in [2.45, 2.75) is 13.0 Å². The van der Waals surface area contributed by atoms with Crippen molar-refractivity contribution in [3.05, 3.63) is 47.3 Å². The number of ether oxygens (including phenoxy) is 1. The number of rotatable bonds is 5. The largest absolute Gasteiger partial charge is 0.377 e. The van der Waals surface area contributed by atoms with Gasteiger partial charge in [0, 0.05) is 17.7 Å². The lowest BCUT2D eigenvalue weighted by atomic mass is 10.00. The van der Waals surface area contributed by atoms with Crippen LogP contribution in [-0.4, -0.2) is 39.9 Å².